The first kappa shape index (κ1) is 20.7. The van der Waals surface area contributed by atoms with E-state index in [0.717, 1.165) is 23.1 Å². The Kier molecular flexibility index (Phi) is 6.09. The van der Waals surface area contributed by atoms with E-state index < -0.39 is 11.4 Å². The second-order valence-corrected chi connectivity index (χ2v) is 7.42. The van der Waals surface area contributed by atoms with E-state index in [1.165, 1.54) is 12.3 Å². The van der Waals surface area contributed by atoms with E-state index in [1.807, 2.05) is 16.7 Å². The molecule has 1 atom stereocenters. The summed E-state index contributed by atoms with van der Waals surface area (Å²) in [6.07, 6.45) is 2.82. The predicted octanol–water partition coefficient (Wildman–Crippen LogP) is 3.36. The van der Waals surface area contributed by atoms with Gasteiger partial charge in [-0.1, -0.05) is 25.7 Å². The van der Waals surface area contributed by atoms with Crippen molar-refractivity contribution in [1.82, 2.24) is 4.57 Å². The number of hydrogen-bond donors (Lipinski definition) is 1. The summed E-state index contributed by atoms with van der Waals surface area (Å²) in [4.78, 5) is 23.8. The van der Waals surface area contributed by atoms with Crippen LogP contribution in [0.2, 0.25) is 0 Å². The minimum Gasteiger partial charge on any atom is -0.495 e. The molecule has 0 aliphatic carbocycles. The monoisotopic (exact) mass is 395 g/mol. The smallest absolute Gasteiger partial charge is 0.341 e. The quantitative estimate of drug-likeness (QED) is 0.620. The number of carbonyl (C=O) groups is 1. The minimum atomic E-state index is -1.21. The first-order valence-corrected chi connectivity index (χ1v) is 9.56. The molecule has 0 spiro atoms. The van der Waals surface area contributed by atoms with Crippen molar-refractivity contribution in [2.75, 3.05) is 20.8 Å². The Balaban J connectivity index is 2.19. The largest absolute Gasteiger partial charge is 0.495 e. The average Bonchev–Trinajstić information content (AvgIpc) is 2.69. The third kappa shape index (κ3) is 4.06. The van der Waals surface area contributed by atoms with Crippen molar-refractivity contribution in [3.8, 4) is 28.8 Å². The Bertz CT molecular complexity index is 1060. The van der Waals surface area contributed by atoms with Crippen LogP contribution in [0.25, 0.3) is 11.3 Å². The first-order valence-electron chi connectivity index (χ1n) is 9.56. The van der Waals surface area contributed by atoms with Crippen LogP contribution >= 0.6 is 0 Å². The van der Waals surface area contributed by atoms with Gasteiger partial charge in [0.2, 0.25) is 0 Å². The molecule has 1 aliphatic heterocycles. The topological polar surface area (TPSA) is 77.8 Å². The van der Waals surface area contributed by atoms with Gasteiger partial charge in [0.25, 0.3) is 0 Å². The van der Waals surface area contributed by atoms with Crippen LogP contribution in [0.15, 0.2) is 29.2 Å². The lowest BCUT2D eigenvalue weighted by molar-refractivity contribution is 0.0694. The maximum Gasteiger partial charge on any atom is 0.341 e. The molecule has 0 saturated carbocycles. The van der Waals surface area contributed by atoms with Crippen LogP contribution in [0.1, 0.15) is 47.8 Å². The molecule has 0 radical (unpaired) electrons. The lowest BCUT2D eigenvalue weighted by Gasteiger charge is -2.33. The number of ether oxygens (including phenoxy) is 2. The number of fused-ring (bicyclic) bond motifs is 3. The van der Waals surface area contributed by atoms with Crippen LogP contribution in [-0.2, 0) is 11.2 Å². The summed E-state index contributed by atoms with van der Waals surface area (Å²) < 4.78 is 12.5. The molecular weight excluding hydrogens is 370 g/mol. The molecule has 6 heteroatoms. The number of carboxylic acids is 1. The zero-order chi connectivity index (χ0) is 21.1. The molecule has 29 heavy (non-hydrogen) atoms. The molecule has 2 heterocycles. The number of aromatic carboxylic acids is 1. The molecule has 6 nitrogen and oxygen atoms in total. The third-order valence-corrected chi connectivity index (χ3v) is 5.22. The highest BCUT2D eigenvalue weighted by molar-refractivity contribution is 5.88. The second-order valence-electron chi connectivity index (χ2n) is 7.42. The summed E-state index contributed by atoms with van der Waals surface area (Å²) in [5, 5.41) is 9.37. The van der Waals surface area contributed by atoms with Crippen LogP contribution in [0, 0.1) is 17.8 Å². The molecule has 0 unspecified atom stereocenters. The molecular formula is C23H25NO5. The van der Waals surface area contributed by atoms with Gasteiger partial charge in [-0.3, -0.25) is 4.79 Å². The third-order valence-electron chi connectivity index (χ3n) is 5.22. The van der Waals surface area contributed by atoms with Crippen LogP contribution < -0.4 is 10.2 Å². The zero-order valence-corrected chi connectivity index (χ0v) is 17.1. The fourth-order valence-electron chi connectivity index (χ4n) is 3.69. The van der Waals surface area contributed by atoms with Crippen molar-refractivity contribution >= 4 is 5.97 Å². The summed E-state index contributed by atoms with van der Waals surface area (Å²) in [5.41, 5.74) is 2.73. The average molecular weight is 395 g/mol. The maximum absolute atomic E-state index is 12.4. The Morgan fingerprint density at radius 1 is 1.31 bits per heavy atom. The number of pyridine rings is 1. The molecule has 0 bridgehead atoms. The number of carboxylic acid groups (broad SMARTS) is 1. The standard InChI is InChI=1S/C23H25NO5/c1-14(2)19-10-16-9-15(7-5-6-8-28-3)22(29-4)11-17(16)20-12-21(25)18(23(26)27)13-24(19)20/h9,11-14,19H,6,8,10H2,1-4H3,(H,26,27)/t19-/m0/s1. The van der Waals surface area contributed by atoms with E-state index in [1.54, 1.807) is 14.2 Å². The predicted molar refractivity (Wildman–Crippen MR) is 111 cm³/mol. The van der Waals surface area contributed by atoms with Crippen LogP contribution in [-0.4, -0.2) is 36.5 Å². The van der Waals surface area contributed by atoms with Crippen molar-refractivity contribution in [1.29, 1.82) is 0 Å². The molecule has 3 rings (SSSR count). The number of benzene rings is 1. The van der Waals surface area contributed by atoms with Gasteiger partial charge in [0.1, 0.15) is 11.3 Å². The number of nitrogens with zero attached hydrogens (tertiary/aromatic N) is 1. The highest BCUT2D eigenvalue weighted by Gasteiger charge is 2.28. The van der Waals surface area contributed by atoms with Gasteiger partial charge in [0, 0.05) is 37.4 Å². The Labute approximate surface area is 170 Å². The van der Waals surface area contributed by atoms with Crippen LogP contribution in [0.3, 0.4) is 0 Å². The van der Waals surface area contributed by atoms with E-state index in [-0.39, 0.29) is 17.5 Å². The lowest BCUT2D eigenvalue weighted by Crippen LogP contribution is -2.28. The summed E-state index contributed by atoms with van der Waals surface area (Å²) in [6, 6.07) is 5.36. The Morgan fingerprint density at radius 3 is 2.69 bits per heavy atom. The van der Waals surface area contributed by atoms with Gasteiger partial charge >= 0.3 is 5.97 Å². The molecule has 0 amide bonds. The van der Waals surface area contributed by atoms with Crippen molar-refractivity contribution in [2.45, 2.75) is 32.7 Å². The highest BCUT2D eigenvalue weighted by atomic mass is 16.5. The van der Waals surface area contributed by atoms with Gasteiger partial charge in [0.05, 0.1) is 25.0 Å². The molecule has 2 aromatic rings. The highest BCUT2D eigenvalue weighted by Crippen LogP contribution is 2.40. The van der Waals surface area contributed by atoms with Crippen molar-refractivity contribution in [2.24, 2.45) is 5.92 Å². The maximum atomic E-state index is 12.4. The van der Waals surface area contributed by atoms with E-state index >= 15 is 0 Å². The van der Waals surface area contributed by atoms with Crippen LogP contribution in [0.5, 0.6) is 5.75 Å². The van der Waals surface area contributed by atoms with E-state index in [4.69, 9.17) is 9.47 Å². The summed E-state index contributed by atoms with van der Waals surface area (Å²) in [5.74, 6) is 5.91. The summed E-state index contributed by atoms with van der Waals surface area (Å²) >= 11 is 0. The fraction of sp³-hybridized carbons (Fsp3) is 0.391. The van der Waals surface area contributed by atoms with Gasteiger partial charge in [0.15, 0.2) is 5.43 Å². The zero-order valence-electron chi connectivity index (χ0n) is 17.1. The number of methoxy groups -OCH3 is 2. The van der Waals surface area contributed by atoms with Crippen molar-refractivity contribution < 1.29 is 19.4 Å². The van der Waals surface area contributed by atoms with Gasteiger partial charge in [-0.25, -0.2) is 4.79 Å². The molecule has 1 aromatic heterocycles. The number of rotatable bonds is 5. The van der Waals surface area contributed by atoms with E-state index in [2.05, 4.69) is 25.7 Å². The van der Waals surface area contributed by atoms with Crippen molar-refractivity contribution in [3.05, 3.63) is 51.3 Å². The molecule has 1 aliphatic rings. The molecule has 152 valence electrons. The van der Waals surface area contributed by atoms with Crippen molar-refractivity contribution in [3.63, 3.8) is 0 Å². The lowest BCUT2D eigenvalue weighted by atomic mass is 9.86. The Hall–Kier alpha value is -3.04. The first-order chi connectivity index (χ1) is 13.9. The summed E-state index contributed by atoms with van der Waals surface area (Å²) in [7, 11) is 3.23. The van der Waals surface area contributed by atoms with E-state index in [9.17, 15) is 14.7 Å². The fourth-order valence-corrected chi connectivity index (χ4v) is 3.69. The summed E-state index contributed by atoms with van der Waals surface area (Å²) in [6.45, 7) is 4.75. The minimum absolute atomic E-state index is 0.0406. The Morgan fingerprint density at radius 2 is 2.07 bits per heavy atom. The van der Waals surface area contributed by atoms with Gasteiger partial charge in [-0.05, 0) is 30.0 Å². The number of hydrogen-bond acceptors (Lipinski definition) is 4. The normalized spacial score (nSPS) is 14.6. The molecule has 0 saturated heterocycles. The number of aromatic nitrogens is 1. The van der Waals surface area contributed by atoms with Crippen LogP contribution in [0.4, 0.5) is 0 Å². The molecule has 1 aromatic carbocycles. The van der Waals surface area contributed by atoms with Gasteiger partial charge < -0.3 is 19.1 Å². The SMILES string of the molecule is COCCC#Cc1cc2c(cc1OC)-c1cc(=O)c(C(=O)O)cn1[C@H](C(C)C)C2. The van der Waals surface area contributed by atoms with Gasteiger partial charge in [-0.15, -0.1) is 0 Å². The van der Waals surface area contributed by atoms with Gasteiger partial charge in [-0.2, -0.15) is 0 Å². The molecule has 1 N–H and O–H groups in total. The molecule has 0 fully saturated rings. The van der Waals surface area contributed by atoms with E-state index in [0.29, 0.717) is 24.5 Å². The second kappa shape index (κ2) is 8.54.